The second-order valence-corrected chi connectivity index (χ2v) is 4.42. The van der Waals surface area contributed by atoms with Crippen LogP contribution in [0.25, 0.3) is 0 Å². The Morgan fingerprint density at radius 2 is 1.93 bits per heavy atom. The van der Waals surface area contributed by atoms with Gasteiger partial charge in [0.15, 0.2) is 5.89 Å². The van der Waals surface area contributed by atoms with Gasteiger partial charge in [-0.1, -0.05) is 39.5 Å². The molecule has 2 nitrogen and oxygen atoms in total. The molecule has 2 heteroatoms. The van der Waals surface area contributed by atoms with Crippen LogP contribution in [0.15, 0.2) is 4.42 Å². The van der Waals surface area contributed by atoms with Crippen LogP contribution in [-0.4, -0.2) is 4.98 Å². The Hall–Kier alpha value is -0.790. The summed E-state index contributed by atoms with van der Waals surface area (Å²) >= 11 is 0. The number of unbranched alkanes of at least 4 members (excludes halogenated alkanes) is 3. The summed E-state index contributed by atoms with van der Waals surface area (Å²) < 4.78 is 5.45. The highest BCUT2D eigenvalue weighted by Gasteiger charge is 2.13. The van der Waals surface area contributed by atoms with Gasteiger partial charge < -0.3 is 4.42 Å². The molecule has 1 heterocycles. The number of aryl methyl sites for hydroxylation is 2. The van der Waals surface area contributed by atoms with E-state index in [2.05, 4.69) is 18.8 Å². The maximum atomic E-state index is 5.45. The van der Waals surface area contributed by atoms with Crippen LogP contribution < -0.4 is 0 Å². The molecule has 0 spiro atoms. The molecule has 0 aliphatic carbocycles. The third-order valence-corrected chi connectivity index (χ3v) is 2.90. The molecule has 1 unspecified atom stereocenters. The molecule has 1 rings (SSSR count). The fourth-order valence-corrected chi connectivity index (χ4v) is 2.02. The van der Waals surface area contributed by atoms with E-state index in [1.807, 2.05) is 13.8 Å². The molecule has 1 atom stereocenters. The van der Waals surface area contributed by atoms with Crippen molar-refractivity contribution in [1.82, 2.24) is 4.98 Å². The van der Waals surface area contributed by atoms with Crippen molar-refractivity contribution in [3.63, 3.8) is 0 Å². The fourth-order valence-electron chi connectivity index (χ4n) is 2.02. The van der Waals surface area contributed by atoms with Gasteiger partial charge in [-0.2, -0.15) is 0 Å². The van der Waals surface area contributed by atoms with Crippen LogP contribution in [0.3, 0.4) is 0 Å². The quantitative estimate of drug-likeness (QED) is 0.650. The van der Waals surface area contributed by atoms with Crippen molar-refractivity contribution < 1.29 is 4.42 Å². The van der Waals surface area contributed by atoms with E-state index >= 15 is 0 Å². The van der Waals surface area contributed by atoms with E-state index in [1.165, 1.54) is 32.1 Å². The van der Waals surface area contributed by atoms with Gasteiger partial charge in [0.2, 0.25) is 0 Å². The third kappa shape index (κ3) is 3.69. The van der Waals surface area contributed by atoms with Crippen LogP contribution in [-0.2, 0) is 0 Å². The molecule has 1 aromatic rings. The average Bonchev–Trinajstić information content (AvgIpc) is 2.52. The number of hydrogen-bond donors (Lipinski definition) is 0. The monoisotopic (exact) mass is 209 g/mol. The summed E-state index contributed by atoms with van der Waals surface area (Å²) in [5, 5.41) is 0. The summed E-state index contributed by atoms with van der Waals surface area (Å²) in [6, 6.07) is 0. The molecule has 0 saturated heterocycles. The minimum Gasteiger partial charge on any atom is -0.446 e. The maximum Gasteiger partial charge on any atom is 0.191 e. The van der Waals surface area contributed by atoms with E-state index in [9.17, 15) is 0 Å². The lowest BCUT2D eigenvalue weighted by Crippen LogP contribution is -1.96. The second kappa shape index (κ2) is 5.94. The lowest BCUT2D eigenvalue weighted by atomic mass is 9.98. The van der Waals surface area contributed by atoms with Gasteiger partial charge in [-0.15, -0.1) is 0 Å². The lowest BCUT2D eigenvalue weighted by molar-refractivity contribution is 0.489. The average molecular weight is 209 g/mol. The Kier molecular flexibility index (Phi) is 4.86. The first kappa shape index (κ1) is 12.3. The molecule has 0 fully saturated rings. The molecule has 0 bridgehead atoms. The van der Waals surface area contributed by atoms with E-state index in [0.29, 0.717) is 5.92 Å². The van der Waals surface area contributed by atoms with Crippen LogP contribution in [0, 0.1) is 13.8 Å². The van der Waals surface area contributed by atoms with Crippen molar-refractivity contribution in [3.8, 4) is 0 Å². The van der Waals surface area contributed by atoms with Crippen molar-refractivity contribution >= 4 is 0 Å². The predicted octanol–water partition coefficient (Wildman–Crippen LogP) is 4.37. The van der Waals surface area contributed by atoms with Crippen molar-refractivity contribution in [1.29, 1.82) is 0 Å². The van der Waals surface area contributed by atoms with Gasteiger partial charge in [0.25, 0.3) is 0 Å². The fraction of sp³-hybridized carbons (Fsp3) is 0.769. The van der Waals surface area contributed by atoms with E-state index < -0.39 is 0 Å². The van der Waals surface area contributed by atoms with E-state index in [1.54, 1.807) is 0 Å². The van der Waals surface area contributed by atoms with Crippen molar-refractivity contribution in [3.05, 3.63) is 17.3 Å². The smallest absolute Gasteiger partial charge is 0.191 e. The van der Waals surface area contributed by atoms with Crippen LogP contribution in [0.1, 0.15) is 69.2 Å². The second-order valence-electron chi connectivity index (χ2n) is 4.42. The van der Waals surface area contributed by atoms with Gasteiger partial charge in [0.05, 0.1) is 5.69 Å². The van der Waals surface area contributed by atoms with E-state index in [4.69, 9.17) is 4.42 Å². The van der Waals surface area contributed by atoms with Crippen LogP contribution in [0.4, 0.5) is 0 Å². The number of oxazole rings is 1. The Morgan fingerprint density at radius 1 is 1.20 bits per heavy atom. The highest BCUT2D eigenvalue weighted by molar-refractivity contribution is 5.12. The summed E-state index contributed by atoms with van der Waals surface area (Å²) in [6.07, 6.45) is 6.53. The molecular formula is C13H23NO. The molecule has 0 N–H and O–H groups in total. The van der Waals surface area contributed by atoms with Gasteiger partial charge in [-0.05, 0) is 13.3 Å². The first-order valence-corrected chi connectivity index (χ1v) is 6.09. The topological polar surface area (TPSA) is 26.0 Å². The molecule has 86 valence electrons. The van der Waals surface area contributed by atoms with Crippen LogP contribution in [0.2, 0.25) is 0 Å². The Morgan fingerprint density at radius 3 is 2.47 bits per heavy atom. The normalized spacial score (nSPS) is 13.1. The molecule has 1 aromatic heterocycles. The third-order valence-electron chi connectivity index (χ3n) is 2.90. The molecule has 0 aliphatic rings. The summed E-state index contributed by atoms with van der Waals surface area (Å²) in [7, 11) is 0. The molecule has 0 amide bonds. The van der Waals surface area contributed by atoms with Crippen molar-refractivity contribution in [2.45, 2.75) is 65.7 Å². The summed E-state index contributed by atoms with van der Waals surface area (Å²) in [5.74, 6) is 2.33. The SMILES string of the molecule is CCCCCCC(C)c1nc(C)oc1C. The van der Waals surface area contributed by atoms with Gasteiger partial charge >= 0.3 is 0 Å². The highest BCUT2D eigenvalue weighted by atomic mass is 16.4. The molecule has 0 saturated carbocycles. The molecular weight excluding hydrogens is 186 g/mol. The molecule has 0 aliphatic heterocycles. The predicted molar refractivity (Wildman–Crippen MR) is 63.2 cm³/mol. The van der Waals surface area contributed by atoms with Crippen LogP contribution in [0.5, 0.6) is 0 Å². The summed E-state index contributed by atoms with van der Waals surface area (Å²) in [4.78, 5) is 4.44. The van der Waals surface area contributed by atoms with Crippen LogP contribution >= 0.6 is 0 Å². The number of nitrogens with zero attached hydrogens (tertiary/aromatic N) is 1. The van der Waals surface area contributed by atoms with Crippen molar-refractivity contribution in [2.75, 3.05) is 0 Å². The zero-order valence-electron chi connectivity index (χ0n) is 10.5. The van der Waals surface area contributed by atoms with E-state index in [0.717, 1.165) is 17.3 Å². The molecule has 0 aromatic carbocycles. The standard InChI is InChI=1S/C13H23NO/c1-5-6-7-8-9-10(2)13-11(3)15-12(4)14-13/h10H,5-9H2,1-4H3. The number of aromatic nitrogens is 1. The minimum atomic E-state index is 0.541. The van der Waals surface area contributed by atoms with Gasteiger partial charge in [0.1, 0.15) is 5.76 Å². The zero-order valence-corrected chi connectivity index (χ0v) is 10.5. The van der Waals surface area contributed by atoms with Crippen molar-refractivity contribution in [2.24, 2.45) is 0 Å². The minimum absolute atomic E-state index is 0.541. The Balaban J connectivity index is 2.39. The maximum absolute atomic E-state index is 5.45. The number of hydrogen-bond acceptors (Lipinski definition) is 2. The summed E-state index contributed by atoms with van der Waals surface area (Å²) in [6.45, 7) is 8.42. The number of rotatable bonds is 6. The Labute approximate surface area is 93.1 Å². The summed E-state index contributed by atoms with van der Waals surface area (Å²) in [5.41, 5.74) is 1.16. The first-order chi connectivity index (χ1) is 7.15. The van der Waals surface area contributed by atoms with Gasteiger partial charge in [0, 0.05) is 12.8 Å². The highest BCUT2D eigenvalue weighted by Crippen LogP contribution is 2.24. The largest absolute Gasteiger partial charge is 0.446 e. The molecule has 15 heavy (non-hydrogen) atoms. The van der Waals surface area contributed by atoms with Gasteiger partial charge in [-0.25, -0.2) is 4.98 Å². The molecule has 0 radical (unpaired) electrons. The zero-order chi connectivity index (χ0) is 11.3. The first-order valence-electron chi connectivity index (χ1n) is 6.09. The lowest BCUT2D eigenvalue weighted by Gasteiger charge is -2.08. The Bertz CT molecular complexity index is 291. The van der Waals surface area contributed by atoms with E-state index in [-0.39, 0.29) is 0 Å². The van der Waals surface area contributed by atoms with Gasteiger partial charge in [-0.3, -0.25) is 0 Å².